The first kappa shape index (κ1) is 15.5. The molecule has 0 aliphatic heterocycles. The van der Waals surface area contributed by atoms with Crippen molar-refractivity contribution in [1.29, 1.82) is 0 Å². The van der Waals surface area contributed by atoms with Gasteiger partial charge in [0.25, 0.3) is 0 Å². The van der Waals surface area contributed by atoms with E-state index in [1.54, 1.807) is 19.0 Å². The molecule has 0 unspecified atom stereocenters. The van der Waals surface area contributed by atoms with Crippen LogP contribution in [0.4, 0.5) is 11.6 Å². The lowest BCUT2D eigenvalue weighted by Crippen LogP contribution is -2.37. The van der Waals surface area contributed by atoms with Crippen LogP contribution in [0.1, 0.15) is 37.1 Å². The molecule has 0 saturated heterocycles. The number of carbonyl (C=O) groups excluding carboxylic acids is 1. The molecule has 1 aliphatic carbocycles. The second kappa shape index (κ2) is 6.28. The number of hydrogen-bond donors (Lipinski definition) is 1. The van der Waals surface area contributed by atoms with Gasteiger partial charge in [0.1, 0.15) is 17.5 Å². The number of carbonyl (C=O) groups is 1. The molecule has 1 fully saturated rings. The number of nitrogens with one attached hydrogen (secondary N) is 1. The van der Waals surface area contributed by atoms with E-state index >= 15 is 0 Å². The van der Waals surface area contributed by atoms with Crippen molar-refractivity contribution in [3.05, 3.63) is 11.4 Å². The summed E-state index contributed by atoms with van der Waals surface area (Å²) in [5.74, 6) is 3.19. The Kier molecular flexibility index (Phi) is 4.65. The van der Waals surface area contributed by atoms with Gasteiger partial charge in [0.15, 0.2) is 0 Å². The van der Waals surface area contributed by atoms with Gasteiger partial charge in [0.2, 0.25) is 5.91 Å². The van der Waals surface area contributed by atoms with E-state index in [1.165, 1.54) is 0 Å². The Labute approximate surface area is 126 Å². The van der Waals surface area contributed by atoms with Crippen LogP contribution in [0.2, 0.25) is 0 Å². The third kappa shape index (κ3) is 3.43. The molecule has 6 heteroatoms. The Balaban J connectivity index is 2.34. The third-order valence-electron chi connectivity index (χ3n) is 3.82. The molecule has 1 saturated carbocycles. The van der Waals surface area contributed by atoms with E-state index in [2.05, 4.69) is 10.3 Å². The first-order chi connectivity index (χ1) is 9.97. The van der Waals surface area contributed by atoms with Crippen LogP contribution in [-0.4, -0.2) is 55.0 Å². The minimum absolute atomic E-state index is 0.0776. The number of hydrogen-bond acceptors (Lipinski definition) is 5. The van der Waals surface area contributed by atoms with Gasteiger partial charge >= 0.3 is 0 Å². The van der Waals surface area contributed by atoms with E-state index in [0.717, 1.165) is 42.4 Å². The highest BCUT2D eigenvalue weighted by Crippen LogP contribution is 2.40. The summed E-state index contributed by atoms with van der Waals surface area (Å²) >= 11 is 0. The van der Waals surface area contributed by atoms with Crippen molar-refractivity contribution in [2.75, 3.05) is 44.4 Å². The molecule has 2 rings (SSSR count). The lowest BCUT2D eigenvalue weighted by molar-refractivity contribution is -0.127. The minimum atomic E-state index is 0.0776. The van der Waals surface area contributed by atoms with Gasteiger partial charge in [0, 0.05) is 39.2 Å². The number of rotatable bonds is 6. The first-order valence-corrected chi connectivity index (χ1v) is 7.49. The summed E-state index contributed by atoms with van der Waals surface area (Å²) in [5, 5.41) is 3.14. The maximum atomic E-state index is 12.0. The van der Waals surface area contributed by atoms with Crippen molar-refractivity contribution in [2.45, 2.75) is 32.6 Å². The highest BCUT2D eigenvalue weighted by molar-refractivity contribution is 5.81. The zero-order valence-corrected chi connectivity index (χ0v) is 13.6. The summed E-state index contributed by atoms with van der Waals surface area (Å²) in [6.07, 6.45) is 2.32. The third-order valence-corrected chi connectivity index (χ3v) is 3.82. The lowest BCUT2D eigenvalue weighted by Gasteiger charge is -2.26. The van der Waals surface area contributed by atoms with Crippen molar-refractivity contribution in [3.63, 3.8) is 0 Å². The highest BCUT2D eigenvalue weighted by Gasteiger charge is 2.29. The summed E-state index contributed by atoms with van der Waals surface area (Å²) in [4.78, 5) is 25.0. The fourth-order valence-electron chi connectivity index (χ4n) is 2.24. The summed E-state index contributed by atoms with van der Waals surface area (Å²) in [5.41, 5.74) is 0.996. The zero-order chi connectivity index (χ0) is 15.6. The van der Waals surface area contributed by atoms with Crippen LogP contribution < -0.4 is 10.2 Å². The normalized spacial score (nSPS) is 14.0. The first-order valence-electron chi connectivity index (χ1n) is 7.49. The van der Waals surface area contributed by atoms with Crippen molar-refractivity contribution in [3.8, 4) is 0 Å². The summed E-state index contributed by atoms with van der Waals surface area (Å²) < 4.78 is 0. The molecule has 0 radical (unpaired) electrons. The van der Waals surface area contributed by atoms with Gasteiger partial charge in [-0.15, -0.1) is 0 Å². The smallest absolute Gasteiger partial charge is 0.241 e. The molecular formula is C15H25N5O. The summed E-state index contributed by atoms with van der Waals surface area (Å²) in [7, 11) is 5.42. The fourth-order valence-corrected chi connectivity index (χ4v) is 2.24. The van der Waals surface area contributed by atoms with Gasteiger partial charge in [-0.3, -0.25) is 4.79 Å². The molecular weight excluding hydrogens is 266 g/mol. The van der Waals surface area contributed by atoms with Crippen LogP contribution >= 0.6 is 0 Å². The summed E-state index contributed by atoms with van der Waals surface area (Å²) in [6.45, 7) is 5.13. The average molecular weight is 291 g/mol. The van der Waals surface area contributed by atoms with Gasteiger partial charge in [-0.2, -0.15) is 0 Å². The Hall–Kier alpha value is -1.85. The predicted octanol–water partition coefficient (Wildman–Crippen LogP) is 1.62. The standard InChI is InChI=1S/C15H25N5O/c1-6-20(9-12(21)19(4)5)15-10(2)13(16-3)17-14(18-15)11-7-8-11/h11H,6-9H2,1-5H3,(H,16,17,18). The molecule has 0 atom stereocenters. The molecule has 1 amide bonds. The lowest BCUT2D eigenvalue weighted by atomic mass is 10.2. The van der Waals surface area contributed by atoms with Gasteiger partial charge in [-0.05, 0) is 26.7 Å². The van der Waals surface area contributed by atoms with E-state index in [0.29, 0.717) is 12.5 Å². The maximum absolute atomic E-state index is 12.0. The largest absolute Gasteiger partial charge is 0.373 e. The summed E-state index contributed by atoms with van der Waals surface area (Å²) in [6, 6.07) is 0. The molecule has 0 bridgehead atoms. The van der Waals surface area contributed by atoms with Crippen molar-refractivity contribution in [2.24, 2.45) is 0 Å². The van der Waals surface area contributed by atoms with Gasteiger partial charge in [-0.1, -0.05) is 0 Å². The molecule has 1 heterocycles. The van der Waals surface area contributed by atoms with E-state index in [9.17, 15) is 4.79 Å². The molecule has 1 aromatic heterocycles. The van der Waals surface area contributed by atoms with Crippen LogP contribution in [0.15, 0.2) is 0 Å². The quantitative estimate of drug-likeness (QED) is 0.863. The fraction of sp³-hybridized carbons (Fsp3) is 0.667. The molecule has 0 spiro atoms. The number of likely N-dealkylation sites (N-methyl/N-ethyl adjacent to an activating group) is 2. The van der Waals surface area contributed by atoms with Gasteiger partial charge in [-0.25, -0.2) is 9.97 Å². The molecule has 1 aromatic rings. The van der Waals surface area contributed by atoms with Crippen LogP contribution in [0.5, 0.6) is 0 Å². The van der Waals surface area contributed by atoms with E-state index in [4.69, 9.17) is 4.98 Å². The molecule has 6 nitrogen and oxygen atoms in total. The Morgan fingerprint density at radius 2 is 2.00 bits per heavy atom. The van der Waals surface area contributed by atoms with Crippen molar-refractivity contribution < 1.29 is 4.79 Å². The average Bonchev–Trinajstić information content (AvgIpc) is 3.29. The molecule has 1 N–H and O–H groups in total. The maximum Gasteiger partial charge on any atom is 0.241 e. The Morgan fingerprint density at radius 1 is 1.33 bits per heavy atom. The van der Waals surface area contributed by atoms with Gasteiger partial charge in [0.05, 0.1) is 6.54 Å². The van der Waals surface area contributed by atoms with E-state index in [1.807, 2.05) is 25.8 Å². The van der Waals surface area contributed by atoms with Crippen LogP contribution in [0.25, 0.3) is 0 Å². The molecule has 0 aromatic carbocycles. The number of amides is 1. The van der Waals surface area contributed by atoms with Crippen molar-refractivity contribution in [1.82, 2.24) is 14.9 Å². The predicted molar refractivity (Wildman–Crippen MR) is 84.9 cm³/mol. The molecule has 1 aliphatic rings. The van der Waals surface area contributed by atoms with Gasteiger partial charge < -0.3 is 15.1 Å². The Morgan fingerprint density at radius 3 is 2.48 bits per heavy atom. The number of nitrogens with zero attached hydrogens (tertiary/aromatic N) is 4. The molecule has 116 valence electrons. The zero-order valence-electron chi connectivity index (χ0n) is 13.6. The monoisotopic (exact) mass is 291 g/mol. The number of anilines is 2. The highest BCUT2D eigenvalue weighted by atomic mass is 16.2. The van der Waals surface area contributed by atoms with Crippen LogP contribution in [0, 0.1) is 6.92 Å². The topological polar surface area (TPSA) is 61.4 Å². The SMILES string of the molecule is CCN(CC(=O)N(C)C)c1nc(C2CC2)nc(NC)c1C. The molecule has 21 heavy (non-hydrogen) atoms. The van der Waals surface area contributed by atoms with E-state index in [-0.39, 0.29) is 5.91 Å². The Bertz CT molecular complexity index is 525. The minimum Gasteiger partial charge on any atom is -0.373 e. The van der Waals surface area contributed by atoms with Crippen molar-refractivity contribution >= 4 is 17.5 Å². The van der Waals surface area contributed by atoms with Crippen LogP contribution in [0.3, 0.4) is 0 Å². The number of aromatic nitrogens is 2. The second-order valence-electron chi connectivity index (χ2n) is 5.71. The second-order valence-corrected chi connectivity index (χ2v) is 5.71. The van der Waals surface area contributed by atoms with E-state index < -0.39 is 0 Å². The van der Waals surface area contributed by atoms with Crippen LogP contribution in [-0.2, 0) is 4.79 Å².